The molecule has 0 aromatic heterocycles. The Kier molecular flexibility index (Phi) is 6.11. The SMILES string of the molecule is COc1ccc(Br)c(CNC(C)(C)CC(C)(C)C)c1OC. The van der Waals surface area contributed by atoms with Crippen molar-refractivity contribution in [1.29, 1.82) is 0 Å². The molecule has 0 aliphatic rings. The second-order valence-electron chi connectivity index (χ2n) is 7.24. The van der Waals surface area contributed by atoms with Crippen molar-refractivity contribution >= 4 is 15.9 Å². The summed E-state index contributed by atoms with van der Waals surface area (Å²) in [6, 6.07) is 3.90. The van der Waals surface area contributed by atoms with Gasteiger partial charge in [-0.3, -0.25) is 0 Å². The van der Waals surface area contributed by atoms with Crippen molar-refractivity contribution in [2.24, 2.45) is 5.41 Å². The fraction of sp³-hybridized carbons (Fsp3) is 0.647. The first-order chi connectivity index (χ1) is 9.59. The molecule has 0 atom stereocenters. The Morgan fingerprint density at radius 2 is 1.67 bits per heavy atom. The first-order valence-electron chi connectivity index (χ1n) is 7.24. The molecule has 0 radical (unpaired) electrons. The topological polar surface area (TPSA) is 30.5 Å². The molecule has 1 rings (SSSR count). The van der Waals surface area contributed by atoms with Gasteiger partial charge >= 0.3 is 0 Å². The van der Waals surface area contributed by atoms with E-state index in [1.807, 2.05) is 12.1 Å². The van der Waals surface area contributed by atoms with Crippen LogP contribution in [0.2, 0.25) is 0 Å². The fourth-order valence-electron chi connectivity index (χ4n) is 2.85. The first-order valence-corrected chi connectivity index (χ1v) is 8.03. The molecule has 0 fully saturated rings. The van der Waals surface area contributed by atoms with E-state index in [-0.39, 0.29) is 11.0 Å². The fourth-order valence-corrected chi connectivity index (χ4v) is 3.30. The number of hydrogen-bond acceptors (Lipinski definition) is 3. The van der Waals surface area contributed by atoms with E-state index in [2.05, 4.69) is 55.9 Å². The zero-order valence-corrected chi connectivity index (χ0v) is 15.8. The zero-order valence-electron chi connectivity index (χ0n) is 14.3. The molecular formula is C17H28BrNO2. The predicted octanol–water partition coefficient (Wildman–Crippen LogP) is 4.77. The molecule has 1 aromatic rings. The Hall–Kier alpha value is -0.740. The van der Waals surface area contributed by atoms with Gasteiger partial charge in [0.1, 0.15) is 0 Å². The van der Waals surface area contributed by atoms with E-state index in [0.717, 1.165) is 34.5 Å². The van der Waals surface area contributed by atoms with Gasteiger partial charge in [-0.05, 0) is 37.8 Å². The van der Waals surface area contributed by atoms with E-state index in [4.69, 9.17) is 9.47 Å². The van der Waals surface area contributed by atoms with Crippen LogP contribution in [-0.2, 0) is 6.54 Å². The predicted molar refractivity (Wildman–Crippen MR) is 92.2 cm³/mol. The van der Waals surface area contributed by atoms with Gasteiger partial charge in [0.2, 0.25) is 0 Å². The molecule has 0 aliphatic carbocycles. The Morgan fingerprint density at radius 1 is 1.05 bits per heavy atom. The summed E-state index contributed by atoms with van der Waals surface area (Å²) in [7, 11) is 3.33. The second kappa shape index (κ2) is 7.01. The number of hydrogen-bond donors (Lipinski definition) is 1. The summed E-state index contributed by atoms with van der Waals surface area (Å²) < 4.78 is 11.9. The van der Waals surface area contributed by atoms with Crippen molar-refractivity contribution in [2.45, 2.75) is 53.1 Å². The number of rotatable bonds is 6. The quantitative estimate of drug-likeness (QED) is 0.795. The molecule has 3 nitrogen and oxygen atoms in total. The molecule has 0 saturated carbocycles. The minimum absolute atomic E-state index is 0.0474. The first kappa shape index (κ1) is 18.3. The molecule has 0 amide bonds. The van der Waals surface area contributed by atoms with Gasteiger partial charge in [0.25, 0.3) is 0 Å². The molecule has 0 heterocycles. The molecule has 4 heteroatoms. The summed E-state index contributed by atoms with van der Waals surface area (Å²) in [6.07, 6.45) is 1.09. The highest BCUT2D eigenvalue weighted by atomic mass is 79.9. The van der Waals surface area contributed by atoms with Gasteiger partial charge in [-0.25, -0.2) is 0 Å². The summed E-state index contributed by atoms with van der Waals surface area (Å²) in [5.74, 6) is 1.54. The lowest BCUT2D eigenvalue weighted by Gasteiger charge is -2.34. The number of halogens is 1. The molecule has 120 valence electrons. The molecular weight excluding hydrogens is 330 g/mol. The molecule has 1 N–H and O–H groups in total. The zero-order chi connectivity index (χ0) is 16.3. The average Bonchev–Trinajstić information content (AvgIpc) is 2.33. The maximum absolute atomic E-state index is 5.52. The van der Waals surface area contributed by atoms with Gasteiger partial charge in [0, 0.05) is 22.1 Å². The summed E-state index contributed by atoms with van der Waals surface area (Å²) in [5.41, 5.74) is 1.41. The maximum atomic E-state index is 5.52. The van der Waals surface area contributed by atoms with Crippen molar-refractivity contribution in [3.63, 3.8) is 0 Å². The minimum Gasteiger partial charge on any atom is -0.493 e. The van der Waals surface area contributed by atoms with Crippen LogP contribution in [-0.4, -0.2) is 19.8 Å². The Bertz CT molecular complexity index is 478. The van der Waals surface area contributed by atoms with Crippen LogP contribution in [0.1, 0.15) is 46.6 Å². The standard InChI is InChI=1S/C17H28BrNO2/c1-16(2,3)11-17(4,5)19-10-12-13(18)8-9-14(20-6)15(12)21-7/h8-9,19H,10-11H2,1-7H3. The summed E-state index contributed by atoms with van der Waals surface area (Å²) >= 11 is 3.60. The van der Waals surface area contributed by atoms with Crippen LogP contribution in [0, 0.1) is 5.41 Å². The van der Waals surface area contributed by atoms with Crippen LogP contribution in [0.4, 0.5) is 0 Å². The lowest BCUT2D eigenvalue weighted by molar-refractivity contribution is 0.239. The monoisotopic (exact) mass is 357 g/mol. The number of benzene rings is 1. The van der Waals surface area contributed by atoms with E-state index in [1.165, 1.54) is 0 Å². The van der Waals surface area contributed by atoms with Gasteiger partial charge in [-0.15, -0.1) is 0 Å². The number of ether oxygens (including phenoxy) is 2. The van der Waals surface area contributed by atoms with E-state index < -0.39 is 0 Å². The van der Waals surface area contributed by atoms with Gasteiger partial charge in [-0.1, -0.05) is 36.7 Å². The minimum atomic E-state index is 0.0474. The van der Waals surface area contributed by atoms with Crippen LogP contribution in [0.5, 0.6) is 11.5 Å². The molecule has 0 unspecified atom stereocenters. The van der Waals surface area contributed by atoms with Crippen molar-refractivity contribution in [2.75, 3.05) is 14.2 Å². The van der Waals surface area contributed by atoms with Gasteiger partial charge in [0.15, 0.2) is 11.5 Å². The van der Waals surface area contributed by atoms with Crippen LogP contribution in [0.25, 0.3) is 0 Å². The normalized spacial score (nSPS) is 12.4. The lowest BCUT2D eigenvalue weighted by atomic mass is 9.81. The van der Waals surface area contributed by atoms with Crippen LogP contribution < -0.4 is 14.8 Å². The van der Waals surface area contributed by atoms with Gasteiger partial charge in [-0.2, -0.15) is 0 Å². The summed E-state index contributed by atoms with van der Waals surface area (Å²) in [5, 5.41) is 3.63. The van der Waals surface area contributed by atoms with Gasteiger partial charge < -0.3 is 14.8 Å². The Labute approximate surface area is 137 Å². The van der Waals surface area contributed by atoms with E-state index in [1.54, 1.807) is 14.2 Å². The highest BCUT2D eigenvalue weighted by molar-refractivity contribution is 9.10. The average molecular weight is 358 g/mol. The molecule has 0 saturated heterocycles. The second-order valence-corrected chi connectivity index (χ2v) is 8.09. The van der Waals surface area contributed by atoms with Crippen molar-refractivity contribution in [3.05, 3.63) is 22.2 Å². The largest absolute Gasteiger partial charge is 0.493 e. The van der Waals surface area contributed by atoms with Gasteiger partial charge in [0.05, 0.1) is 14.2 Å². The highest BCUT2D eigenvalue weighted by Gasteiger charge is 2.25. The van der Waals surface area contributed by atoms with Crippen LogP contribution in [0.15, 0.2) is 16.6 Å². The molecule has 21 heavy (non-hydrogen) atoms. The van der Waals surface area contributed by atoms with E-state index >= 15 is 0 Å². The maximum Gasteiger partial charge on any atom is 0.166 e. The Morgan fingerprint density at radius 3 is 2.14 bits per heavy atom. The third kappa shape index (κ3) is 5.51. The smallest absolute Gasteiger partial charge is 0.166 e. The van der Waals surface area contributed by atoms with Crippen molar-refractivity contribution < 1.29 is 9.47 Å². The third-order valence-electron chi connectivity index (χ3n) is 3.31. The van der Waals surface area contributed by atoms with E-state index in [0.29, 0.717) is 0 Å². The van der Waals surface area contributed by atoms with Crippen molar-refractivity contribution in [1.82, 2.24) is 5.32 Å². The highest BCUT2D eigenvalue weighted by Crippen LogP contribution is 2.36. The Balaban J connectivity index is 2.93. The van der Waals surface area contributed by atoms with Crippen molar-refractivity contribution in [3.8, 4) is 11.5 Å². The number of methoxy groups -OCH3 is 2. The summed E-state index contributed by atoms with van der Waals surface area (Å²) in [6.45, 7) is 12.0. The lowest BCUT2D eigenvalue weighted by Crippen LogP contribution is -2.42. The van der Waals surface area contributed by atoms with Crippen LogP contribution >= 0.6 is 15.9 Å². The van der Waals surface area contributed by atoms with E-state index in [9.17, 15) is 0 Å². The summed E-state index contributed by atoms with van der Waals surface area (Å²) in [4.78, 5) is 0. The molecule has 0 bridgehead atoms. The van der Waals surface area contributed by atoms with Crippen LogP contribution in [0.3, 0.4) is 0 Å². The molecule has 0 spiro atoms. The molecule has 0 aliphatic heterocycles. The molecule has 1 aromatic carbocycles. The third-order valence-corrected chi connectivity index (χ3v) is 4.05. The number of nitrogens with one attached hydrogen (secondary N) is 1.